The van der Waals surface area contributed by atoms with Crippen LogP contribution in [0.4, 0.5) is 15.8 Å². The summed E-state index contributed by atoms with van der Waals surface area (Å²) >= 11 is 0. The minimum absolute atomic E-state index is 0.119. The monoisotopic (exact) mass is 456 g/mol. The van der Waals surface area contributed by atoms with Crippen molar-refractivity contribution in [2.24, 2.45) is 0 Å². The predicted molar refractivity (Wildman–Crippen MR) is 118 cm³/mol. The molecule has 166 valence electrons. The molecule has 0 unspecified atom stereocenters. The van der Waals surface area contributed by atoms with Crippen LogP contribution >= 0.6 is 0 Å². The molecule has 0 saturated carbocycles. The number of anilines is 2. The summed E-state index contributed by atoms with van der Waals surface area (Å²) in [6.45, 7) is 0.576. The molecule has 1 amide bonds. The maximum atomic E-state index is 13.3. The molecule has 0 spiro atoms. The Labute approximate surface area is 185 Å². The zero-order valence-corrected chi connectivity index (χ0v) is 17.8. The molecule has 1 N–H and O–H groups in total. The zero-order valence-electron chi connectivity index (χ0n) is 17.0. The number of rotatable bonds is 6. The average Bonchev–Trinajstić information content (AvgIpc) is 3.03. The van der Waals surface area contributed by atoms with Crippen molar-refractivity contribution in [3.8, 4) is 11.5 Å². The molecule has 0 atom stereocenters. The zero-order chi connectivity index (χ0) is 22.6. The standard InChI is InChI=1S/C23H21FN2O5S/c24-17-7-10-20(11-8-17)32(28,29)26(19-5-2-1-3-6-19)16-23(27)25-18-9-12-21-22(15-18)31-14-4-13-30-21/h1-3,5-12,15H,4,13-14,16H2,(H,25,27). The molecule has 3 aromatic carbocycles. The Kier molecular flexibility index (Phi) is 6.27. The lowest BCUT2D eigenvalue weighted by Gasteiger charge is -2.24. The second-order valence-electron chi connectivity index (χ2n) is 7.06. The van der Waals surface area contributed by atoms with E-state index in [1.165, 1.54) is 12.1 Å². The van der Waals surface area contributed by atoms with Gasteiger partial charge in [-0.1, -0.05) is 18.2 Å². The van der Waals surface area contributed by atoms with Gasteiger partial charge in [0.25, 0.3) is 10.0 Å². The Morgan fingerprint density at radius 1 is 0.938 bits per heavy atom. The van der Waals surface area contributed by atoms with E-state index in [4.69, 9.17) is 9.47 Å². The Balaban J connectivity index is 1.58. The van der Waals surface area contributed by atoms with Crippen molar-refractivity contribution in [2.45, 2.75) is 11.3 Å². The number of halogens is 1. The fraction of sp³-hybridized carbons (Fsp3) is 0.174. The minimum Gasteiger partial charge on any atom is -0.490 e. The summed E-state index contributed by atoms with van der Waals surface area (Å²) in [6.07, 6.45) is 0.754. The number of benzene rings is 3. The number of nitrogens with one attached hydrogen (secondary N) is 1. The largest absolute Gasteiger partial charge is 0.490 e. The quantitative estimate of drug-likeness (QED) is 0.610. The molecule has 9 heteroatoms. The second-order valence-corrected chi connectivity index (χ2v) is 8.92. The van der Waals surface area contributed by atoms with E-state index in [1.54, 1.807) is 48.5 Å². The fourth-order valence-electron chi connectivity index (χ4n) is 3.22. The van der Waals surface area contributed by atoms with E-state index in [0.29, 0.717) is 36.1 Å². The maximum absolute atomic E-state index is 13.3. The van der Waals surface area contributed by atoms with Crippen molar-refractivity contribution in [2.75, 3.05) is 29.4 Å². The summed E-state index contributed by atoms with van der Waals surface area (Å²) in [6, 6.07) is 17.7. The van der Waals surface area contributed by atoms with Crippen LogP contribution in [0.5, 0.6) is 11.5 Å². The van der Waals surface area contributed by atoms with E-state index in [1.807, 2.05) is 0 Å². The van der Waals surface area contributed by atoms with Gasteiger partial charge >= 0.3 is 0 Å². The van der Waals surface area contributed by atoms with Crippen molar-refractivity contribution in [1.82, 2.24) is 0 Å². The molecule has 3 aromatic rings. The van der Waals surface area contributed by atoms with Gasteiger partial charge in [-0.05, 0) is 48.5 Å². The summed E-state index contributed by atoms with van der Waals surface area (Å²) in [5.74, 6) is 0.000778. The van der Waals surface area contributed by atoms with E-state index in [9.17, 15) is 17.6 Å². The normalized spacial score (nSPS) is 13.2. The third-order valence-corrected chi connectivity index (χ3v) is 6.55. The molecule has 0 bridgehead atoms. The van der Waals surface area contributed by atoms with Gasteiger partial charge in [0, 0.05) is 18.2 Å². The highest BCUT2D eigenvalue weighted by atomic mass is 32.2. The van der Waals surface area contributed by atoms with Crippen LogP contribution in [0.15, 0.2) is 77.7 Å². The van der Waals surface area contributed by atoms with Gasteiger partial charge < -0.3 is 14.8 Å². The smallest absolute Gasteiger partial charge is 0.264 e. The van der Waals surface area contributed by atoms with Crippen molar-refractivity contribution in [3.05, 3.63) is 78.6 Å². The second kappa shape index (κ2) is 9.27. The summed E-state index contributed by atoms with van der Waals surface area (Å²) in [5, 5.41) is 2.70. The van der Waals surface area contributed by atoms with Crippen molar-refractivity contribution >= 4 is 27.3 Å². The Morgan fingerprint density at radius 3 is 2.34 bits per heavy atom. The molecular weight excluding hydrogens is 435 g/mol. The topological polar surface area (TPSA) is 84.9 Å². The molecule has 0 aromatic heterocycles. The third kappa shape index (κ3) is 4.83. The molecule has 1 aliphatic heterocycles. The van der Waals surface area contributed by atoms with Crippen LogP contribution in [0.1, 0.15) is 6.42 Å². The number of amides is 1. The number of nitrogens with zero attached hydrogens (tertiary/aromatic N) is 1. The van der Waals surface area contributed by atoms with Gasteiger partial charge in [-0.2, -0.15) is 0 Å². The van der Waals surface area contributed by atoms with Crippen LogP contribution in [0.3, 0.4) is 0 Å². The lowest BCUT2D eigenvalue weighted by atomic mass is 10.2. The molecular formula is C23H21FN2O5S. The molecule has 4 rings (SSSR count). The van der Waals surface area contributed by atoms with Gasteiger partial charge in [0.15, 0.2) is 11.5 Å². The molecule has 0 fully saturated rings. The summed E-state index contributed by atoms with van der Waals surface area (Å²) in [5.41, 5.74) is 0.761. The van der Waals surface area contributed by atoms with Crippen LogP contribution < -0.4 is 19.1 Å². The third-order valence-electron chi connectivity index (χ3n) is 4.76. The Morgan fingerprint density at radius 2 is 1.62 bits per heavy atom. The van der Waals surface area contributed by atoms with Crippen LogP contribution in [-0.4, -0.2) is 34.1 Å². The average molecular weight is 456 g/mol. The van der Waals surface area contributed by atoms with E-state index < -0.39 is 28.3 Å². The van der Waals surface area contributed by atoms with Gasteiger partial charge in [-0.3, -0.25) is 9.10 Å². The van der Waals surface area contributed by atoms with Crippen LogP contribution in [0.2, 0.25) is 0 Å². The number of para-hydroxylation sites is 1. The van der Waals surface area contributed by atoms with Crippen LogP contribution in [0.25, 0.3) is 0 Å². The summed E-state index contributed by atoms with van der Waals surface area (Å²) in [7, 11) is -4.12. The first-order valence-electron chi connectivity index (χ1n) is 9.96. The Hall–Kier alpha value is -3.59. The van der Waals surface area contributed by atoms with Gasteiger partial charge in [0.05, 0.1) is 23.8 Å². The van der Waals surface area contributed by atoms with Crippen LogP contribution in [-0.2, 0) is 14.8 Å². The van der Waals surface area contributed by atoms with Gasteiger partial charge in [-0.15, -0.1) is 0 Å². The van der Waals surface area contributed by atoms with E-state index in [-0.39, 0.29) is 4.90 Å². The van der Waals surface area contributed by atoms with E-state index in [0.717, 1.165) is 22.9 Å². The number of carbonyl (C=O) groups is 1. The van der Waals surface area contributed by atoms with Gasteiger partial charge in [0.1, 0.15) is 12.4 Å². The fourth-order valence-corrected chi connectivity index (χ4v) is 4.64. The molecule has 1 aliphatic rings. The van der Waals surface area contributed by atoms with Crippen molar-refractivity contribution < 1.29 is 27.1 Å². The Bertz CT molecular complexity index is 1200. The molecule has 7 nitrogen and oxygen atoms in total. The highest BCUT2D eigenvalue weighted by Gasteiger charge is 2.27. The number of carbonyl (C=O) groups excluding carboxylic acids is 1. The maximum Gasteiger partial charge on any atom is 0.264 e. The first kappa shape index (κ1) is 21.6. The minimum atomic E-state index is -4.12. The highest BCUT2D eigenvalue weighted by molar-refractivity contribution is 7.92. The van der Waals surface area contributed by atoms with Crippen molar-refractivity contribution in [1.29, 1.82) is 0 Å². The summed E-state index contributed by atoms with van der Waals surface area (Å²) < 4.78 is 52.0. The summed E-state index contributed by atoms with van der Waals surface area (Å²) in [4.78, 5) is 12.7. The number of ether oxygens (including phenoxy) is 2. The number of fused-ring (bicyclic) bond motifs is 1. The molecule has 0 aliphatic carbocycles. The van der Waals surface area contributed by atoms with Gasteiger partial charge in [-0.25, -0.2) is 12.8 Å². The molecule has 0 saturated heterocycles. The lowest BCUT2D eigenvalue weighted by Crippen LogP contribution is -2.38. The molecule has 1 heterocycles. The van der Waals surface area contributed by atoms with Gasteiger partial charge in [0.2, 0.25) is 5.91 Å². The predicted octanol–water partition coefficient (Wildman–Crippen LogP) is 3.82. The van der Waals surface area contributed by atoms with E-state index >= 15 is 0 Å². The van der Waals surface area contributed by atoms with E-state index in [2.05, 4.69) is 5.32 Å². The first-order chi connectivity index (χ1) is 15.4. The molecule has 0 radical (unpaired) electrons. The van der Waals surface area contributed by atoms with Crippen molar-refractivity contribution in [3.63, 3.8) is 0 Å². The first-order valence-corrected chi connectivity index (χ1v) is 11.4. The number of hydrogen-bond donors (Lipinski definition) is 1. The SMILES string of the molecule is O=C(CN(c1ccccc1)S(=O)(=O)c1ccc(F)cc1)Nc1ccc2c(c1)OCCCO2. The lowest BCUT2D eigenvalue weighted by molar-refractivity contribution is -0.114. The van der Waals surface area contributed by atoms with Crippen LogP contribution in [0, 0.1) is 5.82 Å². The highest BCUT2D eigenvalue weighted by Crippen LogP contribution is 2.32. The number of sulfonamides is 1. The number of hydrogen-bond acceptors (Lipinski definition) is 5. The molecule has 32 heavy (non-hydrogen) atoms.